The van der Waals surface area contributed by atoms with Gasteiger partial charge in [0.05, 0.1) is 12.2 Å². The number of hydrogen-bond donors (Lipinski definition) is 2. The molecule has 0 spiro atoms. The molecular weight excluding hydrogens is 419 g/mol. The van der Waals surface area contributed by atoms with Gasteiger partial charge in [-0.3, -0.25) is 0 Å². The van der Waals surface area contributed by atoms with Crippen LogP contribution in [0.1, 0.15) is 46.5 Å². The van der Waals surface area contributed by atoms with Gasteiger partial charge < -0.3 is 11.1 Å². The fourth-order valence-corrected chi connectivity index (χ4v) is 3.47. The third-order valence-corrected chi connectivity index (χ3v) is 4.27. The fraction of sp³-hybridized carbons (Fsp3) is 0.412. The highest BCUT2D eigenvalue weighted by molar-refractivity contribution is 14.0. The summed E-state index contributed by atoms with van der Waals surface area (Å²) < 4.78 is 0. The summed E-state index contributed by atoms with van der Waals surface area (Å²) in [5.41, 5.74) is 10.5. The Morgan fingerprint density at radius 3 is 2.35 bits per heavy atom. The number of rotatable bonds is 4. The highest BCUT2D eigenvalue weighted by Crippen LogP contribution is 2.24. The van der Waals surface area contributed by atoms with Crippen molar-refractivity contribution in [3.05, 3.63) is 44.9 Å². The largest absolute Gasteiger partial charge is 0.370 e. The van der Waals surface area contributed by atoms with Crippen molar-refractivity contribution < 1.29 is 0 Å². The van der Waals surface area contributed by atoms with E-state index in [1.165, 1.54) is 16.0 Å². The molecule has 6 heteroatoms. The lowest BCUT2D eigenvalue weighted by atomic mass is 10.1. The quantitative estimate of drug-likeness (QED) is 0.407. The zero-order chi connectivity index (χ0) is 16.3. The van der Waals surface area contributed by atoms with Crippen molar-refractivity contribution in [1.29, 1.82) is 0 Å². The number of thiazole rings is 1. The van der Waals surface area contributed by atoms with Crippen LogP contribution in [-0.4, -0.2) is 10.9 Å². The number of aromatic nitrogens is 1. The van der Waals surface area contributed by atoms with E-state index in [0.717, 1.165) is 16.4 Å². The Morgan fingerprint density at radius 2 is 1.83 bits per heavy atom. The number of nitrogens with one attached hydrogen (secondary N) is 1. The smallest absolute Gasteiger partial charge is 0.193 e. The van der Waals surface area contributed by atoms with Gasteiger partial charge in [0.15, 0.2) is 5.96 Å². The van der Waals surface area contributed by atoms with E-state index in [2.05, 4.69) is 68.1 Å². The third kappa shape index (κ3) is 5.76. The molecule has 3 N–H and O–H groups in total. The van der Waals surface area contributed by atoms with Gasteiger partial charge in [0.1, 0.15) is 5.01 Å². The minimum Gasteiger partial charge on any atom is -0.370 e. The molecule has 0 radical (unpaired) electrons. The molecule has 0 aliphatic rings. The number of guanidine groups is 1. The Morgan fingerprint density at radius 1 is 1.22 bits per heavy atom. The highest BCUT2D eigenvalue weighted by atomic mass is 127. The first kappa shape index (κ1) is 19.9. The molecule has 2 rings (SSSR count). The van der Waals surface area contributed by atoms with E-state index in [4.69, 9.17) is 5.73 Å². The summed E-state index contributed by atoms with van der Waals surface area (Å²) in [7, 11) is 0. The Labute approximate surface area is 159 Å². The summed E-state index contributed by atoms with van der Waals surface area (Å²) in [5.74, 6) is 0.865. The highest BCUT2D eigenvalue weighted by Gasteiger charge is 2.10. The van der Waals surface area contributed by atoms with E-state index in [1.807, 2.05) is 0 Å². The SMILES string of the molecule is Cc1cc(C)cc(NC(N)=NCc2nc(C(C)C)c(C)s2)c1.I. The Hall–Kier alpha value is -1.15. The van der Waals surface area contributed by atoms with Crippen molar-refractivity contribution >= 4 is 47.0 Å². The molecule has 126 valence electrons. The standard InChI is InChI=1S/C17H24N4S.HI/c1-10(2)16-13(5)22-15(21-16)9-19-17(18)20-14-7-11(3)6-12(4)8-14;/h6-8,10H,9H2,1-5H3,(H3,18,19,20);1H. The predicted octanol–water partition coefficient (Wildman–Crippen LogP) is 4.74. The van der Waals surface area contributed by atoms with Crippen LogP contribution >= 0.6 is 35.3 Å². The molecule has 1 aromatic carbocycles. The monoisotopic (exact) mass is 444 g/mol. The van der Waals surface area contributed by atoms with Crippen LogP contribution in [0, 0.1) is 20.8 Å². The lowest BCUT2D eigenvalue weighted by Gasteiger charge is -2.07. The lowest BCUT2D eigenvalue weighted by Crippen LogP contribution is -2.22. The number of hydrogen-bond acceptors (Lipinski definition) is 3. The molecule has 23 heavy (non-hydrogen) atoms. The van der Waals surface area contributed by atoms with Crippen LogP contribution < -0.4 is 11.1 Å². The first-order chi connectivity index (χ1) is 10.3. The number of nitrogens with zero attached hydrogens (tertiary/aromatic N) is 2. The van der Waals surface area contributed by atoms with Gasteiger partial charge in [-0.25, -0.2) is 9.98 Å². The molecule has 0 fully saturated rings. The van der Waals surface area contributed by atoms with E-state index in [1.54, 1.807) is 11.3 Å². The van der Waals surface area contributed by atoms with E-state index < -0.39 is 0 Å². The third-order valence-electron chi connectivity index (χ3n) is 3.30. The molecule has 1 heterocycles. The van der Waals surface area contributed by atoms with E-state index in [0.29, 0.717) is 18.4 Å². The topological polar surface area (TPSA) is 63.3 Å². The molecular formula is C17H25IN4S. The summed E-state index contributed by atoms with van der Waals surface area (Å²) in [5, 5.41) is 4.15. The van der Waals surface area contributed by atoms with Crippen molar-refractivity contribution in [1.82, 2.24) is 4.98 Å². The summed E-state index contributed by atoms with van der Waals surface area (Å²) in [6.07, 6.45) is 0. The van der Waals surface area contributed by atoms with Gasteiger partial charge in [-0.05, 0) is 49.9 Å². The maximum Gasteiger partial charge on any atom is 0.193 e. The first-order valence-electron chi connectivity index (χ1n) is 7.46. The van der Waals surface area contributed by atoms with Gasteiger partial charge in [0.25, 0.3) is 0 Å². The Kier molecular flexibility index (Phi) is 7.47. The van der Waals surface area contributed by atoms with Crippen molar-refractivity contribution in [3.63, 3.8) is 0 Å². The molecule has 1 aromatic heterocycles. The van der Waals surface area contributed by atoms with Crippen molar-refractivity contribution in [2.45, 2.75) is 47.1 Å². The Bertz CT molecular complexity index is 672. The molecule has 0 bridgehead atoms. The van der Waals surface area contributed by atoms with Crippen LogP contribution in [0.3, 0.4) is 0 Å². The van der Waals surface area contributed by atoms with Gasteiger partial charge in [-0.2, -0.15) is 0 Å². The van der Waals surface area contributed by atoms with Crippen LogP contribution in [-0.2, 0) is 6.54 Å². The lowest BCUT2D eigenvalue weighted by molar-refractivity contribution is 0.814. The predicted molar refractivity (Wildman–Crippen MR) is 111 cm³/mol. The summed E-state index contributed by atoms with van der Waals surface area (Å²) in [4.78, 5) is 10.3. The molecule has 0 aliphatic carbocycles. The van der Waals surface area contributed by atoms with Gasteiger partial charge in [-0.1, -0.05) is 19.9 Å². The fourth-order valence-electron chi connectivity index (χ4n) is 2.46. The summed E-state index contributed by atoms with van der Waals surface area (Å²) >= 11 is 1.69. The minimum atomic E-state index is 0. The van der Waals surface area contributed by atoms with Gasteiger partial charge in [0, 0.05) is 10.6 Å². The number of benzene rings is 1. The molecule has 0 unspecified atom stereocenters. The van der Waals surface area contributed by atoms with Gasteiger partial charge >= 0.3 is 0 Å². The normalized spacial score (nSPS) is 11.5. The molecule has 4 nitrogen and oxygen atoms in total. The van der Waals surface area contributed by atoms with Crippen molar-refractivity contribution in [2.75, 3.05) is 5.32 Å². The van der Waals surface area contributed by atoms with Crippen molar-refractivity contribution in [3.8, 4) is 0 Å². The van der Waals surface area contributed by atoms with Gasteiger partial charge in [-0.15, -0.1) is 35.3 Å². The second-order valence-corrected chi connectivity index (χ2v) is 7.19. The summed E-state index contributed by atoms with van der Waals surface area (Å²) in [6.45, 7) is 11.1. The number of nitrogens with two attached hydrogens (primary N) is 1. The van der Waals surface area contributed by atoms with Crippen LogP contribution in [0.5, 0.6) is 0 Å². The number of halogens is 1. The van der Waals surface area contributed by atoms with Crippen LogP contribution in [0.4, 0.5) is 5.69 Å². The molecule has 0 aliphatic heterocycles. The minimum absolute atomic E-state index is 0. The maximum atomic E-state index is 5.97. The van der Waals surface area contributed by atoms with Crippen molar-refractivity contribution in [2.24, 2.45) is 10.7 Å². The Balaban J connectivity index is 0.00000264. The van der Waals surface area contributed by atoms with E-state index in [-0.39, 0.29) is 24.0 Å². The number of aryl methyl sites for hydroxylation is 3. The van der Waals surface area contributed by atoms with E-state index >= 15 is 0 Å². The zero-order valence-corrected chi connectivity index (χ0v) is 17.5. The second-order valence-electron chi connectivity index (χ2n) is 5.91. The maximum absolute atomic E-state index is 5.97. The second kappa shape index (κ2) is 8.63. The molecule has 0 atom stereocenters. The summed E-state index contributed by atoms with van der Waals surface area (Å²) in [6, 6.07) is 6.24. The number of aliphatic imine (C=N–C) groups is 1. The average Bonchev–Trinajstić information content (AvgIpc) is 2.76. The van der Waals surface area contributed by atoms with E-state index in [9.17, 15) is 0 Å². The van der Waals surface area contributed by atoms with Crippen LogP contribution in [0.25, 0.3) is 0 Å². The molecule has 0 saturated heterocycles. The van der Waals surface area contributed by atoms with Crippen LogP contribution in [0.2, 0.25) is 0 Å². The van der Waals surface area contributed by atoms with Gasteiger partial charge in [0.2, 0.25) is 0 Å². The van der Waals surface area contributed by atoms with Crippen LogP contribution in [0.15, 0.2) is 23.2 Å². The zero-order valence-electron chi connectivity index (χ0n) is 14.3. The number of anilines is 1. The first-order valence-corrected chi connectivity index (χ1v) is 8.28. The molecule has 2 aromatic rings. The average molecular weight is 444 g/mol. The molecule has 0 saturated carbocycles. The molecule has 0 amide bonds.